The fourth-order valence-corrected chi connectivity index (χ4v) is 3.50. The molecule has 0 saturated carbocycles. The third-order valence-corrected chi connectivity index (χ3v) is 5.02. The van der Waals surface area contributed by atoms with E-state index in [2.05, 4.69) is 6.92 Å². The van der Waals surface area contributed by atoms with Crippen LogP contribution in [0, 0.1) is 0 Å². The zero-order valence-corrected chi connectivity index (χ0v) is 15.3. The molecular formula is C18H34O3S. The van der Waals surface area contributed by atoms with Crippen LogP contribution in [0.4, 0.5) is 0 Å². The van der Waals surface area contributed by atoms with E-state index in [9.17, 15) is 9.59 Å². The molecule has 1 unspecified atom stereocenters. The second kappa shape index (κ2) is 15.4. The first-order valence-corrected chi connectivity index (χ1v) is 9.92. The van der Waals surface area contributed by atoms with Gasteiger partial charge in [-0.05, 0) is 12.8 Å². The monoisotopic (exact) mass is 330 g/mol. The minimum atomic E-state index is -0.858. The van der Waals surface area contributed by atoms with Gasteiger partial charge in [0.05, 0.1) is 0 Å². The first-order chi connectivity index (χ1) is 10.6. The lowest BCUT2D eigenvalue weighted by molar-refractivity contribution is -0.136. The van der Waals surface area contributed by atoms with Crippen molar-refractivity contribution in [3.63, 3.8) is 0 Å². The normalized spacial score (nSPS) is 12.3. The molecule has 0 radical (unpaired) electrons. The summed E-state index contributed by atoms with van der Waals surface area (Å²) in [4.78, 5) is 22.8. The third kappa shape index (κ3) is 13.2. The van der Waals surface area contributed by atoms with Crippen molar-refractivity contribution in [1.29, 1.82) is 0 Å². The fraction of sp³-hybridized carbons (Fsp3) is 0.889. The highest BCUT2D eigenvalue weighted by Crippen LogP contribution is 2.21. The van der Waals surface area contributed by atoms with Crippen LogP contribution in [0.15, 0.2) is 0 Å². The molecular weight excluding hydrogens is 296 g/mol. The molecule has 0 rings (SSSR count). The van der Waals surface area contributed by atoms with Gasteiger partial charge in [-0.1, -0.05) is 89.8 Å². The van der Waals surface area contributed by atoms with E-state index in [0.29, 0.717) is 12.8 Å². The SMILES string of the molecule is CCCCCCCCCCCCC(=O)SC(CCC)C(=O)O. The minimum absolute atomic E-state index is 0.0421. The van der Waals surface area contributed by atoms with E-state index in [1.54, 1.807) is 0 Å². The van der Waals surface area contributed by atoms with Crippen molar-refractivity contribution in [1.82, 2.24) is 0 Å². The Labute approximate surface area is 140 Å². The van der Waals surface area contributed by atoms with Gasteiger partial charge in [0.25, 0.3) is 0 Å². The summed E-state index contributed by atoms with van der Waals surface area (Å²) in [7, 11) is 0. The molecule has 0 heterocycles. The van der Waals surface area contributed by atoms with Gasteiger partial charge in [-0.2, -0.15) is 0 Å². The molecule has 0 bridgehead atoms. The van der Waals surface area contributed by atoms with Gasteiger partial charge in [-0.15, -0.1) is 0 Å². The smallest absolute Gasteiger partial charge is 0.317 e. The van der Waals surface area contributed by atoms with Crippen LogP contribution in [0.1, 0.15) is 97.3 Å². The van der Waals surface area contributed by atoms with Crippen molar-refractivity contribution in [3.8, 4) is 0 Å². The molecule has 1 N–H and O–H groups in total. The van der Waals surface area contributed by atoms with Gasteiger partial charge in [0, 0.05) is 6.42 Å². The molecule has 130 valence electrons. The maximum absolute atomic E-state index is 11.8. The third-order valence-electron chi connectivity index (χ3n) is 3.83. The molecule has 0 aliphatic heterocycles. The first kappa shape index (κ1) is 21.5. The number of carboxylic acids is 1. The number of rotatable bonds is 15. The van der Waals surface area contributed by atoms with Crippen molar-refractivity contribution >= 4 is 22.8 Å². The maximum Gasteiger partial charge on any atom is 0.317 e. The summed E-state index contributed by atoms with van der Waals surface area (Å²) >= 11 is 1.02. The summed E-state index contributed by atoms with van der Waals surface area (Å²) in [6.07, 6.45) is 14.4. The molecule has 22 heavy (non-hydrogen) atoms. The average molecular weight is 331 g/mol. The molecule has 0 aromatic heterocycles. The first-order valence-electron chi connectivity index (χ1n) is 9.04. The summed E-state index contributed by atoms with van der Waals surface area (Å²) in [5, 5.41) is 8.51. The van der Waals surface area contributed by atoms with Crippen LogP contribution in [0.25, 0.3) is 0 Å². The Morgan fingerprint density at radius 3 is 1.77 bits per heavy atom. The number of aliphatic carboxylic acids is 1. The summed E-state index contributed by atoms with van der Waals surface area (Å²) in [6.45, 7) is 4.18. The molecule has 0 fully saturated rings. The Kier molecular flexibility index (Phi) is 15.0. The van der Waals surface area contributed by atoms with Gasteiger partial charge >= 0.3 is 5.97 Å². The Morgan fingerprint density at radius 2 is 1.32 bits per heavy atom. The Balaban J connectivity index is 3.46. The summed E-state index contributed by atoms with van der Waals surface area (Å²) < 4.78 is 0. The summed E-state index contributed by atoms with van der Waals surface area (Å²) in [5.41, 5.74) is 0. The number of carbonyl (C=O) groups is 2. The molecule has 0 amide bonds. The zero-order chi connectivity index (χ0) is 16.6. The van der Waals surface area contributed by atoms with Crippen LogP contribution in [0.2, 0.25) is 0 Å². The van der Waals surface area contributed by atoms with Gasteiger partial charge in [-0.3, -0.25) is 9.59 Å². The molecule has 0 spiro atoms. The Hall–Kier alpha value is -0.510. The quantitative estimate of drug-likeness (QED) is 0.385. The molecule has 0 aliphatic carbocycles. The number of hydrogen-bond acceptors (Lipinski definition) is 3. The summed E-state index contributed by atoms with van der Waals surface area (Å²) in [6, 6.07) is 0. The predicted octanol–water partition coefficient (Wildman–Crippen LogP) is 5.81. The van der Waals surface area contributed by atoms with E-state index in [4.69, 9.17) is 5.11 Å². The second-order valence-corrected chi connectivity index (χ2v) is 7.30. The topological polar surface area (TPSA) is 54.4 Å². The number of carbonyl (C=O) groups excluding carboxylic acids is 1. The maximum atomic E-state index is 11.8. The van der Waals surface area contributed by atoms with Crippen LogP contribution in [-0.2, 0) is 9.59 Å². The van der Waals surface area contributed by atoms with Gasteiger partial charge in [0.1, 0.15) is 5.25 Å². The lowest BCUT2D eigenvalue weighted by Crippen LogP contribution is -2.18. The van der Waals surface area contributed by atoms with Crippen molar-refractivity contribution < 1.29 is 14.7 Å². The molecule has 1 atom stereocenters. The summed E-state index contributed by atoms with van der Waals surface area (Å²) in [5.74, 6) is -0.858. The standard InChI is InChI=1S/C18H34O3S/c1-3-5-6-7-8-9-10-11-12-13-15-17(19)22-16(14-4-2)18(20)21/h16H,3-15H2,1-2H3,(H,20,21). The highest BCUT2D eigenvalue weighted by molar-refractivity contribution is 8.14. The molecule has 4 heteroatoms. The zero-order valence-electron chi connectivity index (χ0n) is 14.4. The van der Waals surface area contributed by atoms with Crippen LogP contribution >= 0.6 is 11.8 Å². The highest BCUT2D eigenvalue weighted by Gasteiger charge is 2.20. The van der Waals surface area contributed by atoms with E-state index in [-0.39, 0.29) is 5.12 Å². The molecule has 0 aromatic carbocycles. The number of carboxylic acid groups (broad SMARTS) is 1. The van der Waals surface area contributed by atoms with Gasteiger partial charge in [-0.25, -0.2) is 0 Å². The Morgan fingerprint density at radius 1 is 0.818 bits per heavy atom. The second-order valence-electron chi connectivity index (χ2n) is 6.04. The lowest BCUT2D eigenvalue weighted by atomic mass is 10.1. The molecule has 3 nitrogen and oxygen atoms in total. The minimum Gasteiger partial charge on any atom is -0.480 e. The van der Waals surface area contributed by atoms with Crippen molar-refractivity contribution in [2.45, 2.75) is 103 Å². The Bertz CT molecular complexity index is 292. The highest BCUT2D eigenvalue weighted by atomic mass is 32.2. The van der Waals surface area contributed by atoms with Crippen LogP contribution in [0.5, 0.6) is 0 Å². The molecule has 0 aromatic rings. The van der Waals surface area contributed by atoms with E-state index >= 15 is 0 Å². The van der Waals surface area contributed by atoms with Gasteiger partial charge < -0.3 is 5.11 Å². The van der Waals surface area contributed by atoms with E-state index < -0.39 is 11.2 Å². The largest absolute Gasteiger partial charge is 0.480 e. The van der Waals surface area contributed by atoms with E-state index in [0.717, 1.165) is 31.0 Å². The van der Waals surface area contributed by atoms with E-state index in [1.165, 1.54) is 51.4 Å². The van der Waals surface area contributed by atoms with Crippen molar-refractivity contribution in [3.05, 3.63) is 0 Å². The van der Waals surface area contributed by atoms with E-state index in [1.807, 2.05) is 6.92 Å². The molecule has 0 saturated heterocycles. The van der Waals surface area contributed by atoms with Crippen LogP contribution < -0.4 is 0 Å². The fourth-order valence-electron chi connectivity index (χ4n) is 2.47. The number of thioether (sulfide) groups is 1. The van der Waals surface area contributed by atoms with Gasteiger partial charge in [0.15, 0.2) is 5.12 Å². The number of unbranched alkanes of at least 4 members (excludes halogenated alkanes) is 9. The van der Waals surface area contributed by atoms with Gasteiger partial charge in [0.2, 0.25) is 0 Å². The predicted molar refractivity (Wildman–Crippen MR) is 95.4 cm³/mol. The van der Waals surface area contributed by atoms with Crippen molar-refractivity contribution in [2.75, 3.05) is 0 Å². The number of hydrogen-bond donors (Lipinski definition) is 1. The van der Waals surface area contributed by atoms with Crippen LogP contribution in [0.3, 0.4) is 0 Å². The average Bonchev–Trinajstić information content (AvgIpc) is 2.48. The lowest BCUT2D eigenvalue weighted by Gasteiger charge is -2.09. The molecule has 0 aliphatic rings. The van der Waals surface area contributed by atoms with Crippen LogP contribution in [-0.4, -0.2) is 21.4 Å². The van der Waals surface area contributed by atoms with Crippen molar-refractivity contribution in [2.24, 2.45) is 0 Å².